The molecule has 0 amide bonds. The Hall–Kier alpha value is -1.35. The summed E-state index contributed by atoms with van der Waals surface area (Å²) in [4.78, 5) is 0. The van der Waals surface area contributed by atoms with E-state index in [0.29, 0.717) is 0 Å². The van der Waals surface area contributed by atoms with Crippen LogP contribution in [0.25, 0.3) is 11.0 Å². The Balaban J connectivity index is 2.75. The fourth-order valence-corrected chi connectivity index (χ4v) is 1.45. The highest BCUT2D eigenvalue weighted by atomic mass is 16.5. The lowest BCUT2D eigenvalue weighted by molar-refractivity contribution is 0.456. The standard InChI is InChI=1S/C10H12N2O/c1-10(2,11)8-4-3-5-9-7(8)6-12-13-9/h3-6H,11H2,1-2H3. The molecule has 0 spiro atoms. The van der Waals surface area contributed by atoms with Gasteiger partial charge in [-0.05, 0) is 25.5 Å². The molecule has 2 N–H and O–H groups in total. The molecule has 3 nitrogen and oxygen atoms in total. The molecule has 13 heavy (non-hydrogen) atoms. The number of hydrogen-bond acceptors (Lipinski definition) is 3. The maximum Gasteiger partial charge on any atom is 0.167 e. The summed E-state index contributed by atoms with van der Waals surface area (Å²) in [5.74, 6) is 0. The van der Waals surface area contributed by atoms with Gasteiger partial charge in [0.2, 0.25) is 0 Å². The van der Waals surface area contributed by atoms with Crippen LogP contribution in [0.5, 0.6) is 0 Å². The molecule has 0 aliphatic rings. The Morgan fingerprint density at radius 2 is 2.15 bits per heavy atom. The largest absolute Gasteiger partial charge is 0.356 e. The summed E-state index contributed by atoms with van der Waals surface area (Å²) < 4.78 is 5.05. The molecule has 0 aliphatic heterocycles. The van der Waals surface area contributed by atoms with Crippen molar-refractivity contribution in [2.24, 2.45) is 5.73 Å². The van der Waals surface area contributed by atoms with Crippen molar-refractivity contribution < 1.29 is 4.52 Å². The molecule has 1 heterocycles. The van der Waals surface area contributed by atoms with Crippen LogP contribution in [-0.4, -0.2) is 5.16 Å². The molecule has 3 heteroatoms. The van der Waals surface area contributed by atoms with Crippen LogP contribution in [0.15, 0.2) is 28.9 Å². The van der Waals surface area contributed by atoms with Crippen LogP contribution in [0.4, 0.5) is 0 Å². The third-order valence-electron chi connectivity index (χ3n) is 2.09. The van der Waals surface area contributed by atoms with Gasteiger partial charge in [-0.3, -0.25) is 0 Å². The topological polar surface area (TPSA) is 52.0 Å². The highest BCUT2D eigenvalue weighted by molar-refractivity contribution is 5.80. The van der Waals surface area contributed by atoms with Gasteiger partial charge in [-0.15, -0.1) is 0 Å². The molecule has 0 saturated carbocycles. The summed E-state index contributed by atoms with van der Waals surface area (Å²) in [6.07, 6.45) is 1.71. The first-order valence-electron chi connectivity index (χ1n) is 4.22. The van der Waals surface area contributed by atoms with Crippen LogP contribution in [0.3, 0.4) is 0 Å². The number of fused-ring (bicyclic) bond motifs is 1. The number of nitrogens with zero attached hydrogens (tertiary/aromatic N) is 1. The fourth-order valence-electron chi connectivity index (χ4n) is 1.45. The molecular weight excluding hydrogens is 164 g/mol. The van der Waals surface area contributed by atoms with Crippen molar-refractivity contribution in [1.82, 2.24) is 5.16 Å². The molecule has 2 aromatic rings. The smallest absolute Gasteiger partial charge is 0.167 e. The van der Waals surface area contributed by atoms with E-state index in [-0.39, 0.29) is 5.54 Å². The molecule has 1 aromatic carbocycles. The van der Waals surface area contributed by atoms with Crippen molar-refractivity contribution in [1.29, 1.82) is 0 Å². The zero-order chi connectivity index (χ0) is 9.47. The van der Waals surface area contributed by atoms with Crippen molar-refractivity contribution in [2.45, 2.75) is 19.4 Å². The van der Waals surface area contributed by atoms with E-state index < -0.39 is 0 Å². The molecule has 1 aromatic heterocycles. The van der Waals surface area contributed by atoms with Gasteiger partial charge in [0.1, 0.15) is 0 Å². The van der Waals surface area contributed by atoms with Crippen LogP contribution in [0.2, 0.25) is 0 Å². The molecule has 2 rings (SSSR count). The lowest BCUT2D eigenvalue weighted by Gasteiger charge is -2.19. The van der Waals surface area contributed by atoms with Crippen molar-refractivity contribution in [3.05, 3.63) is 30.0 Å². The average molecular weight is 176 g/mol. The molecule has 0 saturated heterocycles. The Morgan fingerprint density at radius 3 is 2.85 bits per heavy atom. The van der Waals surface area contributed by atoms with Gasteiger partial charge in [-0.2, -0.15) is 0 Å². The Morgan fingerprint density at radius 1 is 1.38 bits per heavy atom. The first kappa shape index (κ1) is 8.26. The fraction of sp³-hybridized carbons (Fsp3) is 0.300. The predicted octanol–water partition coefficient (Wildman–Crippen LogP) is 2.02. The van der Waals surface area contributed by atoms with Gasteiger partial charge in [0.25, 0.3) is 0 Å². The third-order valence-corrected chi connectivity index (χ3v) is 2.09. The summed E-state index contributed by atoms with van der Waals surface area (Å²) >= 11 is 0. The van der Waals surface area contributed by atoms with Gasteiger partial charge < -0.3 is 10.3 Å². The molecule has 0 fully saturated rings. The molecule has 0 bridgehead atoms. The van der Waals surface area contributed by atoms with Gasteiger partial charge in [0.05, 0.1) is 6.20 Å². The summed E-state index contributed by atoms with van der Waals surface area (Å²) in [5.41, 5.74) is 7.51. The predicted molar refractivity (Wildman–Crippen MR) is 51.2 cm³/mol. The minimum Gasteiger partial charge on any atom is -0.356 e. The Labute approximate surface area is 76.5 Å². The van der Waals surface area contributed by atoms with Gasteiger partial charge in [0, 0.05) is 10.9 Å². The van der Waals surface area contributed by atoms with E-state index in [9.17, 15) is 0 Å². The number of benzene rings is 1. The lowest BCUT2D eigenvalue weighted by atomic mass is 9.93. The van der Waals surface area contributed by atoms with Crippen LogP contribution < -0.4 is 5.73 Å². The maximum absolute atomic E-state index is 6.01. The zero-order valence-corrected chi connectivity index (χ0v) is 7.74. The number of aromatic nitrogens is 1. The minimum absolute atomic E-state index is 0.356. The van der Waals surface area contributed by atoms with Crippen LogP contribution in [0.1, 0.15) is 19.4 Å². The van der Waals surface area contributed by atoms with Crippen LogP contribution in [0, 0.1) is 0 Å². The first-order chi connectivity index (χ1) is 6.09. The second kappa shape index (κ2) is 2.57. The molecular formula is C10H12N2O. The highest BCUT2D eigenvalue weighted by Gasteiger charge is 2.18. The second-order valence-electron chi connectivity index (χ2n) is 3.76. The zero-order valence-electron chi connectivity index (χ0n) is 7.74. The lowest BCUT2D eigenvalue weighted by Crippen LogP contribution is -2.28. The minimum atomic E-state index is -0.356. The van der Waals surface area contributed by atoms with Crippen LogP contribution >= 0.6 is 0 Å². The molecule has 0 atom stereocenters. The second-order valence-corrected chi connectivity index (χ2v) is 3.76. The van der Waals surface area contributed by atoms with Crippen molar-refractivity contribution in [3.8, 4) is 0 Å². The van der Waals surface area contributed by atoms with E-state index in [1.165, 1.54) is 0 Å². The van der Waals surface area contributed by atoms with E-state index in [0.717, 1.165) is 16.5 Å². The molecule has 0 unspecified atom stereocenters. The Bertz CT molecular complexity index is 426. The molecule has 0 radical (unpaired) electrons. The summed E-state index contributed by atoms with van der Waals surface area (Å²) in [5, 5.41) is 4.74. The monoisotopic (exact) mass is 176 g/mol. The van der Waals surface area contributed by atoms with E-state index in [1.54, 1.807) is 6.20 Å². The van der Waals surface area contributed by atoms with Gasteiger partial charge >= 0.3 is 0 Å². The summed E-state index contributed by atoms with van der Waals surface area (Å²) in [6.45, 7) is 3.93. The van der Waals surface area contributed by atoms with Gasteiger partial charge in [-0.25, -0.2) is 0 Å². The first-order valence-corrected chi connectivity index (χ1v) is 4.22. The SMILES string of the molecule is CC(C)(N)c1cccc2oncc12. The average Bonchev–Trinajstić information content (AvgIpc) is 2.48. The summed E-state index contributed by atoms with van der Waals surface area (Å²) in [7, 11) is 0. The van der Waals surface area contributed by atoms with E-state index in [4.69, 9.17) is 10.3 Å². The normalized spacial score (nSPS) is 12.2. The van der Waals surface area contributed by atoms with Gasteiger partial charge in [0.15, 0.2) is 5.58 Å². The van der Waals surface area contributed by atoms with Crippen molar-refractivity contribution in [2.75, 3.05) is 0 Å². The number of hydrogen-bond donors (Lipinski definition) is 1. The highest BCUT2D eigenvalue weighted by Crippen LogP contribution is 2.25. The quantitative estimate of drug-likeness (QED) is 0.723. The molecule has 0 aliphatic carbocycles. The maximum atomic E-state index is 6.01. The van der Waals surface area contributed by atoms with E-state index in [2.05, 4.69) is 5.16 Å². The molecule has 68 valence electrons. The third kappa shape index (κ3) is 1.31. The Kier molecular flexibility index (Phi) is 1.63. The number of nitrogens with two attached hydrogens (primary N) is 1. The van der Waals surface area contributed by atoms with E-state index >= 15 is 0 Å². The van der Waals surface area contributed by atoms with Crippen LogP contribution in [-0.2, 0) is 5.54 Å². The van der Waals surface area contributed by atoms with Crippen molar-refractivity contribution in [3.63, 3.8) is 0 Å². The summed E-state index contributed by atoms with van der Waals surface area (Å²) in [6, 6.07) is 5.81. The van der Waals surface area contributed by atoms with Crippen molar-refractivity contribution >= 4 is 11.0 Å². The number of rotatable bonds is 1. The van der Waals surface area contributed by atoms with E-state index in [1.807, 2.05) is 32.0 Å². The van der Waals surface area contributed by atoms with Gasteiger partial charge in [-0.1, -0.05) is 17.3 Å².